The largest absolute Gasteiger partial charge is 0.495 e. The van der Waals surface area contributed by atoms with Crippen LogP contribution in [0.1, 0.15) is 22.0 Å². The number of fused-ring (bicyclic) bond motifs is 1. The minimum atomic E-state index is -5.43. The van der Waals surface area contributed by atoms with Crippen LogP contribution in [0.3, 0.4) is 0 Å². The van der Waals surface area contributed by atoms with Crippen LogP contribution >= 0.6 is 0 Å². The van der Waals surface area contributed by atoms with Crippen molar-refractivity contribution in [3.05, 3.63) is 66.0 Å². The number of aromatic carboxylic acids is 1. The molecule has 0 amide bonds. The van der Waals surface area contributed by atoms with E-state index in [1.165, 1.54) is 7.11 Å². The lowest BCUT2D eigenvalue weighted by Crippen LogP contribution is -2.34. The van der Waals surface area contributed by atoms with Crippen LogP contribution in [0.2, 0.25) is 0 Å². The first-order chi connectivity index (χ1) is 20.9. The minimum Gasteiger partial charge on any atom is -0.495 e. The van der Waals surface area contributed by atoms with Crippen LogP contribution in [0.5, 0.6) is 17.4 Å². The van der Waals surface area contributed by atoms with Crippen LogP contribution in [0.4, 0.5) is 38.0 Å². The lowest BCUT2D eigenvalue weighted by Gasteiger charge is -2.23. The Morgan fingerprint density at radius 2 is 1.67 bits per heavy atom. The Kier molecular flexibility index (Phi) is 10.8. The number of hydrogen-bond donors (Lipinski definition) is 2. The number of nitrogens with zero attached hydrogens (tertiary/aromatic N) is 5. The molecule has 0 spiro atoms. The zero-order valence-electron chi connectivity index (χ0n) is 24.9. The van der Waals surface area contributed by atoms with Crippen molar-refractivity contribution in [2.75, 3.05) is 52.0 Å². The predicted octanol–water partition coefficient (Wildman–Crippen LogP) is 5.94. The summed E-state index contributed by atoms with van der Waals surface area (Å²) < 4.78 is 86.8. The third-order valence-corrected chi connectivity index (χ3v) is 6.54. The summed E-state index contributed by atoms with van der Waals surface area (Å²) in [5.74, 6) is -3.00. The highest BCUT2D eigenvalue weighted by Gasteiger charge is 2.57. The van der Waals surface area contributed by atoms with Crippen LogP contribution < -0.4 is 20.1 Å². The Morgan fingerprint density at radius 1 is 1.00 bits per heavy atom. The number of aromatic nitrogens is 3. The maximum atomic E-state index is 12.4. The van der Waals surface area contributed by atoms with Crippen LogP contribution in [0, 0.1) is 0 Å². The highest BCUT2D eigenvalue weighted by molar-refractivity contribution is 5.96. The van der Waals surface area contributed by atoms with E-state index >= 15 is 0 Å². The van der Waals surface area contributed by atoms with Gasteiger partial charge in [0, 0.05) is 44.8 Å². The number of para-hydroxylation sites is 1. The maximum absolute atomic E-state index is 12.4. The molecule has 3 N–H and O–H groups in total. The Labute approximate surface area is 254 Å². The fourth-order valence-corrected chi connectivity index (χ4v) is 4.30. The molecule has 244 valence electrons. The van der Waals surface area contributed by atoms with E-state index in [1.54, 1.807) is 36.0 Å². The van der Waals surface area contributed by atoms with E-state index in [9.17, 15) is 36.2 Å². The number of alkyl halides is 6. The average molecular weight is 643 g/mol. The van der Waals surface area contributed by atoms with E-state index in [0.717, 1.165) is 24.5 Å². The van der Waals surface area contributed by atoms with Gasteiger partial charge in [0.15, 0.2) is 11.7 Å². The molecule has 0 fully saturated rings. The van der Waals surface area contributed by atoms with E-state index in [1.807, 2.05) is 38.2 Å². The van der Waals surface area contributed by atoms with E-state index < -0.39 is 29.8 Å². The zero-order chi connectivity index (χ0) is 33.7. The number of hydrogen-bond acceptors (Lipinski definition) is 8. The lowest BCUT2D eigenvalue weighted by molar-refractivity contribution is -0.253. The molecule has 0 aliphatic rings. The van der Waals surface area contributed by atoms with Crippen LogP contribution in [-0.2, 0) is 7.05 Å². The second-order valence-electron chi connectivity index (χ2n) is 10.1. The van der Waals surface area contributed by atoms with Crippen molar-refractivity contribution < 1.29 is 45.7 Å². The van der Waals surface area contributed by atoms with E-state index in [2.05, 4.69) is 19.6 Å². The van der Waals surface area contributed by atoms with E-state index in [-0.39, 0.29) is 17.1 Å². The second-order valence-corrected chi connectivity index (χ2v) is 10.1. The summed E-state index contributed by atoms with van der Waals surface area (Å²) in [6, 6.07) is 11.1. The summed E-state index contributed by atoms with van der Waals surface area (Å²) in [5.41, 5.74) is 4.95. The molecule has 2 aromatic carbocycles. The zero-order valence-corrected chi connectivity index (χ0v) is 24.9. The van der Waals surface area contributed by atoms with Gasteiger partial charge in [0.1, 0.15) is 11.4 Å². The van der Waals surface area contributed by atoms with Crippen molar-refractivity contribution in [3.63, 3.8) is 0 Å². The van der Waals surface area contributed by atoms with Crippen molar-refractivity contribution in [1.29, 1.82) is 0 Å². The fraction of sp³-hybridized carbons (Fsp3) is 0.345. The van der Waals surface area contributed by atoms with Crippen LogP contribution in [0.15, 0.2) is 54.7 Å². The van der Waals surface area contributed by atoms with Gasteiger partial charge < -0.3 is 34.7 Å². The van der Waals surface area contributed by atoms with Gasteiger partial charge in [0.2, 0.25) is 11.8 Å². The molecule has 0 aliphatic carbocycles. The van der Waals surface area contributed by atoms with Crippen molar-refractivity contribution in [1.82, 2.24) is 19.4 Å². The monoisotopic (exact) mass is 642 g/mol. The van der Waals surface area contributed by atoms with Gasteiger partial charge in [-0.25, -0.2) is 9.78 Å². The summed E-state index contributed by atoms with van der Waals surface area (Å²) in [6.45, 7) is 1.66. The van der Waals surface area contributed by atoms with Gasteiger partial charge in [-0.15, -0.1) is 0 Å². The SMILES string of the molecule is CN(C)CCN(C)c1nccc(Oc2cccc3cc(C(=O)O)n(C)c23)n1.COc1ccc(C(C(F)(F)F)C(F)(F)F)cc1N. The predicted molar refractivity (Wildman–Crippen MR) is 156 cm³/mol. The normalized spacial score (nSPS) is 11.8. The number of nitrogens with two attached hydrogens (primary N) is 1. The Bertz CT molecular complexity index is 1610. The molecule has 4 rings (SSSR count). The number of benzene rings is 2. The number of aryl methyl sites for hydroxylation is 1. The number of ether oxygens (including phenoxy) is 2. The van der Waals surface area contributed by atoms with Gasteiger partial charge in [-0.1, -0.05) is 18.2 Å². The first-order valence-corrected chi connectivity index (χ1v) is 13.2. The number of carbonyl (C=O) groups is 1. The number of likely N-dealkylation sites (N-methyl/N-ethyl adjacent to an activating group) is 2. The van der Waals surface area contributed by atoms with Crippen LogP contribution in [0.25, 0.3) is 10.9 Å². The molecule has 45 heavy (non-hydrogen) atoms. The van der Waals surface area contributed by atoms with E-state index in [4.69, 9.17) is 10.5 Å². The molecular formula is C29H32F6N6O4. The first kappa shape index (κ1) is 34.8. The number of halogens is 6. The quantitative estimate of drug-likeness (QED) is 0.169. The first-order valence-electron chi connectivity index (χ1n) is 13.2. The van der Waals surface area contributed by atoms with Crippen molar-refractivity contribution in [2.24, 2.45) is 7.05 Å². The van der Waals surface area contributed by atoms with Gasteiger partial charge in [0.25, 0.3) is 0 Å². The molecule has 0 aliphatic heterocycles. The second kappa shape index (κ2) is 13.9. The van der Waals surface area contributed by atoms with Crippen LogP contribution in [-0.4, -0.2) is 84.2 Å². The summed E-state index contributed by atoms with van der Waals surface area (Å²) in [5, 5.41) is 10.1. The molecule has 0 saturated heterocycles. The minimum absolute atomic E-state index is 0.0156. The molecule has 10 nitrogen and oxygen atoms in total. The molecular weight excluding hydrogens is 610 g/mol. The van der Waals surface area contributed by atoms with Gasteiger partial charge in [-0.05, 0) is 43.9 Å². The number of carboxylic acids is 1. The van der Waals surface area contributed by atoms with E-state index in [0.29, 0.717) is 35.2 Å². The molecule has 0 saturated carbocycles. The Balaban J connectivity index is 0.000000268. The molecule has 2 aromatic heterocycles. The number of anilines is 2. The van der Waals surface area contributed by atoms with Gasteiger partial charge in [-0.2, -0.15) is 31.3 Å². The third kappa shape index (κ3) is 8.68. The van der Waals surface area contributed by atoms with Gasteiger partial charge in [0.05, 0.1) is 18.3 Å². The summed E-state index contributed by atoms with van der Waals surface area (Å²) in [6.07, 6.45) is -9.21. The molecule has 0 radical (unpaired) electrons. The molecule has 16 heteroatoms. The highest BCUT2D eigenvalue weighted by Crippen LogP contribution is 2.47. The molecule has 0 bridgehead atoms. The smallest absolute Gasteiger partial charge is 0.404 e. The standard InChI is InChI=1S/C19H23N5O3.C10H9F6NO/c1-22(2)10-11-23(3)19-20-9-8-16(21-19)27-15-7-5-6-13-12-14(18(25)26)24(4)17(13)15;1-18-7-3-2-5(4-6(7)17)8(9(11,12)13)10(14,15)16/h5-9,12H,10-11H2,1-4H3,(H,25,26);2-4,8H,17H2,1H3. The van der Waals surface area contributed by atoms with Gasteiger partial charge in [-0.3, -0.25) is 0 Å². The molecule has 0 unspecified atom stereocenters. The summed E-state index contributed by atoms with van der Waals surface area (Å²) >= 11 is 0. The number of methoxy groups -OCH3 is 1. The Morgan fingerprint density at radius 3 is 2.22 bits per heavy atom. The molecule has 2 heterocycles. The summed E-state index contributed by atoms with van der Waals surface area (Å²) in [4.78, 5) is 24.2. The highest BCUT2D eigenvalue weighted by atomic mass is 19.4. The Hall–Kier alpha value is -4.73. The number of rotatable bonds is 9. The van der Waals surface area contributed by atoms with Crippen molar-refractivity contribution in [2.45, 2.75) is 18.3 Å². The third-order valence-electron chi connectivity index (χ3n) is 6.54. The summed E-state index contributed by atoms with van der Waals surface area (Å²) in [7, 11) is 8.87. The van der Waals surface area contributed by atoms with Gasteiger partial charge >= 0.3 is 18.3 Å². The maximum Gasteiger partial charge on any atom is 0.404 e. The lowest BCUT2D eigenvalue weighted by atomic mass is 9.97. The topological polar surface area (TPSA) is 119 Å². The average Bonchev–Trinajstić information content (AvgIpc) is 3.28. The fourth-order valence-electron chi connectivity index (χ4n) is 4.30. The molecule has 4 aromatic rings. The number of carboxylic acid groups (broad SMARTS) is 1. The molecule has 0 atom stereocenters. The van der Waals surface area contributed by atoms with Crippen molar-refractivity contribution >= 4 is 28.5 Å². The number of nitrogen functional groups attached to an aromatic ring is 1. The van der Waals surface area contributed by atoms with Crippen molar-refractivity contribution in [3.8, 4) is 17.4 Å².